The molecule has 37 heavy (non-hydrogen) atoms. The number of amides is 2. The van der Waals surface area contributed by atoms with Gasteiger partial charge < -0.3 is 25.7 Å². The number of carbonyl (C=O) groups excluding carboxylic acids is 2. The Morgan fingerprint density at radius 1 is 1.11 bits per heavy atom. The zero-order valence-electron chi connectivity index (χ0n) is 19.8. The lowest BCUT2D eigenvalue weighted by Crippen LogP contribution is -2.46. The Morgan fingerprint density at radius 2 is 1.89 bits per heavy atom. The second kappa shape index (κ2) is 10.8. The molecule has 4 N–H and O–H groups in total. The van der Waals surface area contributed by atoms with Crippen LogP contribution in [-0.4, -0.2) is 57.8 Å². The van der Waals surface area contributed by atoms with E-state index in [0.29, 0.717) is 52.2 Å². The van der Waals surface area contributed by atoms with Gasteiger partial charge in [-0.1, -0.05) is 11.6 Å². The molecule has 0 spiro atoms. The average molecular weight is 518 g/mol. The van der Waals surface area contributed by atoms with Crippen LogP contribution in [0.2, 0.25) is 5.02 Å². The number of fused-ring (bicyclic) bond motifs is 1. The van der Waals surface area contributed by atoms with Crippen LogP contribution in [0.25, 0.3) is 28.4 Å². The molecule has 0 unspecified atom stereocenters. The predicted molar refractivity (Wildman–Crippen MR) is 141 cm³/mol. The maximum Gasteiger partial charge on any atom is 0.257 e. The normalized spacial score (nSPS) is 13.8. The maximum atomic E-state index is 12.7. The number of aromatic nitrogens is 3. The van der Waals surface area contributed by atoms with Gasteiger partial charge in [-0.05, 0) is 42.0 Å². The number of halogens is 1. The summed E-state index contributed by atoms with van der Waals surface area (Å²) in [7, 11) is 0. The van der Waals surface area contributed by atoms with Crippen LogP contribution < -0.4 is 16.4 Å². The molecule has 1 aliphatic rings. The van der Waals surface area contributed by atoms with Gasteiger partial charge in [-0.2, -0.15) is 0 Å². The van der Waals surface area contributed by atoms with Crippen LogP contribution in [0.3, 0.4) is 0 Å². The maximum absolute atomic E-state index is 12.7. The monoisotopic (exact) mass is 517 g/mol. The van der Waals surface area contributed by atoms with Gasteiger partial charge >= 0.3 is 0 Å². The van der Waals surface area contributed by atoms with Gasteiger partial charge in [-0.25, -0.2) is 15.0 Å². The number of nitrogens with zero attached hydrogens (tertiary/aromatic N) is 4. The Hall–Kier alpha value is -4.28. The molecular weight excluding hydrogens is 494 g/mol. The molecule has 4 heterocycles. The van der Waals surface area contributed by atoms with Crippen molar-refractivity contribution in [3.05, 3.63) is 76.9 Å². The number of piperazine rings is 1. The first-order valence-electron chi connectivity index (χ1n) is 11.7. The van der Waals surface area contributed by atoms with Gasteiger partial charge in [-0.15, -0.1) is 0 Å². The summed E-state index contributed by atoms with van der Waals surface area (Å²) >= 11 is 6.47. The van der Waals surface area contributed by atoms with E-state index in [1.165, 1.54) is 18.5 Å². The molecule has 3 aromatic heterocycles. The third-order valence-electron chi connectivity index (χ3n) is 5.86. The SMILES string of the molecule is Nc1ccc(C=CC(=O)NCc2cc3cc(-c4ncc(C(=O)N5CCNCC5)cn4)cc(Cl)c3o2)cn1. The van der Waals surface area contributed by atoms with E-state index in [1.807, 2.05) is 6.07 Å². The number of nitrogen functional groups attached to an aromatic ring is 1. The third kappa shape index (κ3) is 5.76. The van der Waals surface area contributed by atoms with Crippen molar-refractivity contribution >= 4 is 46.3 Å². The number of hydrogen-bond acceptors (Lipinski definition) is 8. The molecule has 1 fully saturated rings. The summed E-state index contributed by atoms with van der Waals surface area (Å²) in [5.41, 5.74) is 7.96. The molecule has 4 aromatic rings. The number of nitrogens with one attached hydrogen (secondary N) is 2. The third-order valence-corrected chi connectivity index (χ3v) is 6.14. The molecule has 188 valence electrons. The fourth-order valence-electron chi connectivity index (χ4n) is 3.94. The standard InChI is InChI=1S/C26H24ClN7O3/c27-21-11-18(25-32-13-19(14-33-25)26(36)34-7-5-29-6-8-34)9-17-10-20(37-24(17)21)15-31-23(35)4-2-16-1-3-22(28)30-12-16/h1-4,9-14,29H,5-8,15H2,(H2,28,30)(H,31,35). The molecular formula is C26H24ClN7O3. The molecule has 1 saturated heterocycles. The van der Waals surface area contributed by atoms with Gasteiger partial charge in [0.2, 0.25) is 5.91 Å². The van der Waals surface area contributed by atoms with Gasteiger partial charge in [0.15, 0.2) is 11.4 Å². The van der Waals surface area contributed by atoms with Gasteiger partial charge in [0, 0.05) is 61.8 Å². The second-order valence-electron chi connectivity index (χ2n) is 8.49. The molecule has 0 radical (unpaired) electrons. The van der Waals surface area contributed by atoms with Crippen molar-refractivity contribution in [1.29, 1.82) is 0 Å². The molecule has 0 bridgehead atoms. The minimum atomic E-state index is -0.284. The van der Waals surface area contributed by atoms with Crippen molar-refractivity contribution in [3.63, 3.8) is 0 Å². The summed E-state index contributed by atoms with van der Waals surface area (Å²) in [5.74, 6) is 1.04. The van der Waals surface area contributed by atoms with Crippen LogP contribution in [0.4, 0.5) is 5.82 Å². The largest absolute Gasteiger partial charge is 0.458 e. The van der Waals surface area contributed by atoms with Gasteiger partial charge in [0.05, 0.1) is 17.1 Å². The number of hydrogen-bond donors (Lipinski definition) is 3. The van der Waals surface area contributed by atoms with E-state index in [9.17, 15) is 9.59 Å². The van der Waals surface area contributed by atoms with E-state index in [-0.39, 0.29) is 18.4 Å². The minimum absolute atomic E-state index is 0.0805. The molecule has 0 atom stereocenters. The first kappa shape index (κ1) is 24.4. The fraction of sp³-hybridized carbons (Fsp3) is 0.192. The van der Waals surface area contributed by atoms with Crippen molar-refractivity contribution in [2.45, 2.75) is 6.54 Å². The van der Waals surface area contributed by atoms with E-state index in [4.69, 9.17) is 21.8 Å². The zero-order valence-corrected chi connectivity index (χ0v) is 20.5. The van der Waals surface area contributed by atoms with E-state index >= 15 is 0 Å². The van der Waals surface area contributed by atoms with Gasteiger partial charge in [-0.3, -0.25) is 9.59 Å². The molecule has 1 aromatic carbocycles. The summed E-state index contributed by atoms with van der Waals surface area (Å²) < 4.78 is 5.84. The molecule has 1 aliphatic heterocycles. The molecule has 0 saturated carbocycles. The molecule has 11 heteroatoms. The Balaban J connectivity index is 1.26. The van der Waals surface area contributed by atoms with Crippen molar-refractivity contribution in [2.24, 2.45) is 0 Å². The highest BCUT2D eigenvalue weighted by molar-refractivity contribution is 6.35. The number of carbonyl (C=O) groups is 2. The summed E-state index contributed by atoms with van der Waals surface area (Å²) in [6, 6.07) is 8.81. The van der Waals surface area contributed by atoms with Crippen molar-refractivity contribution in [3.8, 4) is 11.4 Å². The first-order valence-corrected chi connectivity index (χ1v) is 12.1. The highest BCUT2D eigenvalue weighted by atomic mass is 35.5. The first-order chi connectivity index (χ1) is 18.0. The van der Waals surface area contributed by atoms with Gasteiger partial charge in [0.25, 0.3) is 5.91 Å². The number of anilines is 1. The highest BCUT2D eigenvalue weighted by Gasteiger charge is 2.19. The molecule has 2 amide bonds. The van der Waals surface area contributed by atoms with E-state index in [1.54, 1.807) is 41.4 Å². The number of furan rings is 1. The lowest BCUT2D eigenvalue weighted by atomic mass is 10.1. The minimum Gasteiger partial charge on any atom is -0.458 e. The van der Waals surface area contributed by atoms with Gasteiger partial charge in [0.1, 0.15) is 11.6 Å². The lowest BCUT2D eigenvalue weighted by Gasteiger charge is -2.27. The molecule has 0 aliphatic carbocycles. The van der Waals surface area contributed by atoms with Crippen LogP contribution >= 0.6 is 11.6 Å². The smallest absolute Gasteiger partial charge is 0.257 e. The van der Waals surface area contributed by atoms with E-state index in [2.05, 4.69) is 25.6 Å². The zero-order chi connectivity index (χ0) is 25.8. The highest BCUT2D eigenvalue weighted by Crippen LogP contribution is 2.31. The van der Waals surface area contributed by atoms with Crippen LogP contribution in [-0.2, 0) is 11.3 Å². The number of pyridine rings is 1. The Labute approximate surface area is 217 Å². The van der Waals surface area contributed by atoms with Crippen LogP contribution in [0.15, 0.2) is 59.4 Å². The van der Waals surface area contributed by atoms with E-state index in [0.717, 1.165) is 24.0 Å². The van der Waals surface area contributed by atoms with Crippen LogP contribution in [0, 0.1) is 0 Å². The molecule has 10 nitrogen and oxygen atoms in total. The van der Waals surface area contributed by atoms with Crippen molar-refractivity contribution < 1.29 is 14.0 Å². The van der Waals surface area contributed by atoms with E-state index < -0.39 is 0 Å². The summed E-state index contributed by atoms with van der Waals surface area (Å²) in [5, 5.41) is 7.15. The van der Waals surface area contributed by atoms with Crippen LogP contribution in [0.1, 0.15) is 21.7 Å². The Bertz CT molecular complexity index is 1460. The lowest BCUT2D eigenvalue weighted by molar-refractivity contribution is -0.116. The molecule has 5 rings (SSSR count). The fourth-order valence-corrected chi connectivity index (χ4v) is 4.20. The summed E-state index contributed by atoms with van der Waals surface area (Å²) in [6.07, 6.45) is 7.71. The second-order valence-corrected chi connectivity index (χ2v) is 8.90. The van der Waals surface area contributed by atoms with Crippen LogP contribution in [0.5, 0.6) is 0 Å². The predicted octanol–water partition coefficient (Wildman–Crippen LogP) is 2.90. The Morgan fingerprint density at radius 3 is 2.62 bits per heavy atom. The topological polar surface area (TPSA) is 139 Å². The number of benzene rings is 1. The van der Waals surface area contributed by atoms with Crippen molar-refractivity contribution in [1.82, 2.24) is 30.5 Å². The van der Waals surface area contributed by atoms with Crippen molar-refractivity contribution in [2.75, 3.05) is 31.9 Å². The summed E-state index contributed by atoms with van der Waals surface area (Å²) in [4.78, 5) is 39.4. The number of rotatable bonds is 6. The number of nitrogens with two attached hydrogens (primary N) is 1. The quantitative estimate of drug-likeness (QED) is 0.332. The summed E-state index contributed by atoms with van der Waals surface area (Å²) in [6.45, 7) is 3.05. The average Bonchev–Trinajstić information content (AvgIpc) is 3.35. The Kier molecular flexibility index (Phi) is 7.11.